The summed E-state index contributed by atoms with van der Waals surface area (Å²) >= 11 is 0. The van der Waals surface area contributed by atoms with Gasteiger partial charge < -0.3 is 14.8 Å². The van der Waals surface area contributed by atoms with Crippen LogP contribution in [0.15, 0.2) is 24.3 Å². The molecule has 1 fully saturated rings. The molecule has 0 bridgehead atoms. The average Bonchev–Trinajstić information content (AvgIpc) is 2.37. The molecule has 3 heteroatoms. The van der Waals surface area contributed by atoms with Crippen molar-refractivity contribution >= 4 is 0 Å². The summed E-state index contributed by atoms with van der Waals surface area (Å²) in [6.45, 7) is 9.74. The molecule has 3 atom stereocenters. The van der Waals surface area contributed by atoms with Gasteiger partial charge in [0.05, 0.1) is 0 Å². The average molecular weight is 277 g/mol. The third-order valence-electron chi connectivity index (χ3n) is 4.00. The molecule has 1 saturated carbocycles. The van der Waals surface area contributed by atoms with E-state index in [2.05, 4.69) is 57.3 Å². The van der Waals surface area contributed by atoms with Crippen LogP contribution in [0, 0.1) is 0 Å². The smallest absolute Gasteiger partial charge is 0.128 e. The molecule has 0 amide bonds. The van der Waals surface area contributed by atoms with Crippen LogP contribution in [0.5, 0.6) is 5.75 Å². The quantitative estimate of drug-likeness (QED) is 0.897. The molecule has 0 spiro atoms. The van der Waals surface area contributed by atoms with Gasteiger partial charge in [-0.1, -0.05) is 39.8 Å². The van der Waals surface area contributed by atoms with Gasteiger partial charge in [-0.3, -0.25) is 0 Å². The molecule has 2 rings (SSSR count). The predicted molar refractivity (Wildman–Crippen MR) is 82.4 cm³/mol. The molecule has 0 radical (unpaired) electrons. The summed E-state index contributed by atoms with van der Waals surface area (Å²) < 4.78 is 11.6. The van der Waals surface area contributed by atoms with Crippen LogP contribution in [0.25, 0.3) is 0 Å². The summed E-state index contributed by atoms with van der Waals surface area (Å²) in [4.78, 5) is 0. The third kappa shape index (κ3) is 3.33. The molecule has 1 N–H and O–H groups in total. The van der Waals surface area contributed by atoms with Crippen molar-refractivity contribution in [3.63, 3.8) is 0 Å². The van der Waals surface area contributed by atoms with E-state index in [1.165, 1.54) is 5.56 Å². The Morgan fingerprint density at radius 1 is 1.20 bits per heavy atom. The molecular formula is C17H27NO2. The Bertz CT molecular complexity index is 422. The first-order chi connectivity index (χ1) is 9.45. The van der Waals surface area contributed by atoms with E-state index in [0.717, 1.165) is 18.7 Å². The van der Waals surface area contributed by atoms with Gasteiger partial charge in [-0.05, 0) is 29.7 Å². The third-order valence-corrected chi connectivity index (χ3v) is 4.00. The molecule has 1 aromatic rings. The lowest BCUT2D eigenvalue weighted by atomic mass is 9.85. The highest BCUT2D eigenvalue weighted by atomic mass is 16.5. The van der Waals surface area contributed by atoms with Crippen molar-refractivity contribution in [1.82, 2.24) is 5.32 Å². The summed E-state index contributed by atoms with van der Waals surface area (Å²) in [6, 6.07) is 8.85. The Hall–Kier alpha value is -1.06. The second-order valence-corrected chi connectivity index (χ2v) is 6.53. The fraction of sp³-hybridized carbons (Fsp3) is 0.647. The minimum absolute atomic E-state index is 0.150. The predicted octanol–water partition coefficient (Wildman–Crippen LogP) is 3.13. The highest BCUT2D eigenvalue weighted by Gasteiger charge is 2.42. The first-order valence-electron chi connectivity index (χ1n) is 7.49. The van der Waals surface area contributed by atoms with Crippen molar-refractivity contribution < 1.29 is 9.47 Å². The zero-order chi connectivity index (χ0) is 14.8. The highest BCUT2D eigenvalue weighted by Crippen LogP contribution is 2.30. The van der Waals surface area contributed by atoms with Crippen LogP contribution in [-0.4, -0.2) is 31.9 Å². The van der Waals surface area contributed by atoms with Crippen LogP contribution in [0.3, 0.4) is 0 Å². The second-order valence-electron chi connectivity index (χ2n) is 6.53. The summed E-state index contributed by atoms with van der Waals surface area (Å²) in [5, 5.41) is 3.42. The van der Waals surface area contributed by atoms with E-state index in [4.69, 9.17) is 9.47 Å². The fourth-order valence-electron chi connectivity index (χ4n) is 2.68. The molecule has 1 aromatic carbocycles. The largest absolute Gasteiger partial charge is 0.488 e. The molecule has 0 aromatic heterocycles. The number of ether oxygens (including phenoxy) is 2. The van der Waals surface area contributed by atoms with Crippen molar-refractivity contribution in [3.05, 3.63) is 29.8 Å². The summed E-state index contributed by atoms with van der Waals surface area (Å²) in [5.41, 5.74) is 1.51. The first kappa shape index (κ1) is 15.3. The van der Waals surface area contributed by atoms with Crippen LogP contribution in [0.1, 0.15) is 39.7 Å². The van der Waals surface area contributed by atoms with Crippen molar-refractivity contribution in [2.24, 2.45) is 0 Å². The lowest BCUT2D eigenvalue weighted by Gasteiger charge is -2.43. The van der Waals surface area contributed by atoms with Crippen LogP contribution >= 0.6 is 0 Å². The van der Waals surface area contributed by atoms with Crippen LogP contribution < -0.4 is 10.1 Å². The lowest BCUT2D eigenvalue weighted by Crippen LogP contribution is -2.60. The normalized spacial score (nSPS) is 26.1. The molecule has 112 valence electrons. The number of hydrogen-bond acceptors (Lipinski definition) is 3. The molecule has 3 nitrogen and oxygen atoms in total. The van der Waals surface area contributed by atoms with Crippen molar-refractivity contribution in [1.29, 1.82) is 0 Å². The molecule has 20 heavy (non-hydrogen) atoms. The fourth-order valence-corrected chi connectivity index (χ4v) is 2.68. The summed E-state index contributed by atoms with van der Waals surface area (Å²) in [5.74, 6) is 0.931. The van der Waals surface area contributed by atoms with Gasteiger partial charge in [0.25, 0.3) is 0 Å². The Labute approximate surface area is 122 Å². The highest BCUT2D eigenvalue weighted by molar-refractivity contribution is 5.31. The minimum Gasteiger partial charge on any atom is -0.488 e. The summed E-state index contributed by atoms with van der Waals surface area (Å²) in [7, 11) is 1.76. The Kier molecular flexibility index (Phi) is 4.71. The van der Waals surface area contributed by atoms with E-state index in [1.54, 1.807) is 7.11 Å². The van der Waals surface area contributed by atoms with Gasteiger partial charge in [-0.25, -0.2) is 0 Å². The topological polar surface area (TPSA) is 30.5 Å². The van der Waals surface area contributed by atoms with Gasteiger partial charge in [0.2, 0.25) is 0 Å². The lowest BCUT2D eigenvalue weighted by molar-refractivity contribution is -0.0884. The Morgan fingerprint density at radius 2 is 1.85 bits per heavy atom. The van der Waals surface area contributed by atoms with Gasteiger partial charge in [-0.15, -0.1) is 0 Å². The molecule has 0 heterocycles. The van der Waals surface area contributed by atoms with Crippen molar-refractivity contribution in [2.45, 2.75) is 57.8 Å². The van der Waals surface area contributed by atoms with E-state index in [0.29, 0.717) is 6.04 Å². The SMILES string of the molecule is CCNC1CC(Oc2ccc(C(C)(C)C)cc2)C1OC. The number of benzene rings is 1. The molecule has 0 aliphatic heterocycles. The Balaban J connectivity index is 1.94. The van der Waals surface area contributed by atoms with Crippen LogP contribution in [0.2, 0.25) is 0 Å². The monoisotopic (exact) mass is 277 g/mol. The molecule has 1 aliphatic carbocycles. The Morgan fingerprint density at radius 3 is 2.35 bits per heavy atom. The maximum atomic E-state index is 6.03. The van der Waals surface area contributed by atoms with Gasteiger partial charge >= 0.3 is 0 Å². The van der Waals surface area contributed by atoms with Crippen molar-refractivity contribution in [2.75, 3.05) is 13.7 Å². The maximum absolute atomic E-state index is 6.03. The van der Waals surface area contributed by atoms with Crippen molar-refractivity contribution in [3.8, 4) is 5.75 Å². The second kappa shape index (κ2) is 6.15. The molecule has 1 aliphatic rings. The zero-order valence-corrected chi connectivity index (χ0v) is 13.3. The van der Waals surface area contributed by atoms with E-state index < -0.39 is 0 Å². The van der Waals surface area contributed by atoms with Gasteiger partial charge in [-0.2, -0.15) is 0 Å². The van der Waals surface area contributed by atoms with E-state index >= 15 is 0 Å². The van der Waals surface area contributed by atoms with E-state index in [9.17, 15) is 0 Å². The van der Waals surface area contributed by atoms with Gasteiger partial charge in [0, 0.05) is 19.6 Å². The summed E-state index contributed by atoms with van der Waals surface area (Å²) in [6.07, 6.45) is 1.31. The number of nitrogens with one attached hydrogen (secondary N) is 1. The minimum atomic E-state index is 0.150. The standard InChI is InChI=1S/C17H27NO2/c1-6-18-14-11-15(16(14)19-5)20-13-9-7-12(8-10-13)17(2,3)4/h7-10,14-16,18H,6,11H2,1-5H3. The van der Waals surface area contributed by atoms with E-state index in [-0.39, 0.29) is 17.6 Å². The molecule has 3 unspecified atom stereocenters. The van der Waals surface area contributed by atoms with Gasteiger partial charge in [0.1, 0.15) is 18.0 Å². The van der Waals surface area contributed by atoms with Crippen LogP contribution in [-0.2, 0) is 10.2 Å². The number of likely N-dealkylation sites (N-methyl/N-ethyl adjacent to an activating group) is 1. The number of hydrogen-bond donors (Lipinski definition) is 1. The molecule has 0 saturated heterocycles. The van der Waals surface area contributed by atoms with Gasteiger partial charge in [0.15, 0.2) is 0 Å². The maximum Gasteiger partial charge on any atom is 0.128 e. The van der Waals surface area contributed by atoms with Crippen LogP contribution in [0.4, 0.5) is 0 Å². The van der Waals surface area contributed by atoms with E-state index in [1.807, 2.05) is 0 Å². The zero-order valence-electron chi connectivity index (χ0n) is 13.3. The first-order valence-corrected chi connectivity index (χ1v) is 7.49. The number of rotatable bonds is 5. The number of methoxy groups -OCH3 is 1. The molecular weight excluding hydrogens is 250 g/mol.